The number of aryl methyl sites for hydroxylation is 1. The first-order chi connectivity index (χ1) is 13.6. The lowest BCUT2D eigenvalue weighted by Gasteiger charge is -2.18. The molecule has 1 aromatic carbocycles. The van der Waals surface area contributed by atoms with Crippen LogP contribution >= 0.6 is 22.7 Å². The molecule has 0 amide bonds. The van der Waals surface area contributed by atoms with E-state index >= 15 is 0 Å². The molecule has 0 saturated heterocycles. The number of hydrogen-bond acceptors (Lipinski definition) is 9. The van der Waals surface area contributed by atoms with Crippen molar-refractivity contribution in [3.8, 4) is 0 Å². The minimum absolute atomic E-state index is 0.365. The molecule has 3 aromatic heterocycles. The van der Waals surface area contributed by atoms with Gasteiger partial charge in [-0.2, -0.15) is 0 Å². The number of fused-ring (bicyclic) bond motifs is 1. The molecule has 3 heterocycles. The minimum Gasteiger partial charge on any atom is -0.465 e. The van der Waals surface area contributed by atoms with Gasteiger partial charge in [-0.3, -0.25) is 0 Å². The Morgan fingerprint density at radius 3 is 2.79 bits per heavy atom. The Morgan fingerprint density at radius 1 is 1.21 bits per heavy atom. The smallest absolute Gasteiger partial charge is 0.350 e. The van der Waals surface area contributed by atoms with Crippen LogP contribution in [0.1, 0.15) is 15.2 Å². The average Bonchev–Trinajstić information content (AvgIpc) is 3.34. The normalized spacial score (nSPS) is 10.8. The highest BCUT2D eigenvalue weighted by Crippen LogP contribution is 2.32. The summed E-state index contributed by atoms with van der Waals surface area (Å²) in [4.78, 5) is 18.9. The van der Waals surface area contributed by atoms with E-state index in [1.807, 2.05) is 60.6 Å². The van der Waals surface area contributed by atoms with Crippen molar-refractivity contribution in [1.82, 2.24) is 15.2 Å². The number of esters is 1. The number of para-hydroxylation sites is 1. The van der Waals surface area contributed by atoms with E-state index in [0.717, 1.165) is 26.6 Å². The number of ether oxygens (including phenoxy) is 1. The van der Waals surface area contributed by atoms with Gasteiger partial charge in [-0.25, -0.2) is 9.78 Å². The Labute approximate surface area is 169 Å². The van der Waals surface area contributed by atoms with Crippen LogP contribution < -0.4 is 10.2 Å². The fraction of sp³-hybridized carbons (Fsp3) is 0.158. The summed E-state index contributed by atoms with van der Waals surface area (Å²) in [6.45, 7) is 1.95. The zero-order valence-corrected chi connectivity index (χ0v) is 17.1. The maximum atomic E-state index is 11.9. The van der Waals surface area contributed by atoms with Gasteiger partial charge < -0.3 is 15.0 Å². The van der Waals surface area contributed by atoms with Crippen molar-refractivity contribution in [2.24, 2.45) is 0 Å². The number of benzene rings is 1. The van der Waals surface area contributed by atoms with Crippen LogP contribution in [0.3, 0.4) is 0 Å². The quantitative estimate of drug-likeness (QED) is 0.475. The van der Waals surface area contributed by atoms with Crippen molar-refractivity contribution in [1.29, 1.82) is 0 Å². The van der Waals surface area contributed by atoms with Gasteiger partial charge in [0.1, 0.15) is 4.88 Å². The highest BCUT2D eigenvalue weighted by molar-refractivity contribution is 7.22. The van der Waals surface area contributed by atoms with Gasteiger partial charge >= 0.3 is 5.97 Å². The molecule has 0 radical (unpaired) electrons. The molecule has 9 heteroatoms. The molecule has 7 nitrogen and oxygen atoms in total. The van der Waals surface area contributed by atoms with Crippen LogP contribution in [0, 0.1) is 6.92 Å². The fourth-order valence-electron chi connectivity index (χ4n) is 2.72. The molecule has 0 saturated carbocycles. The Hall–Kier alpha value is -3.04. The van der Waals surface area contributed by atoms with Gasteiger partial charge in [-0.05, 0) is 42.1 Å². The number of nitrogens with zero attached hydrogens (tertiary/aromatic N) is 4. The Balaban J connectivity index is 1.59. The molecule has 0 aliphatic rings. The van der Waals surface area contributed by atoms with Crippen LogP contribution in [-0.2, 0) is 4.74 Å². The van der Waals surface area contributed by atoms with Crippen molar-refractivity contribution in [3.05, 3.63) is 52.2 Å². The van der Waals surface area contributed by atoms with Crippen molar-refractivity contribution >= 4 is 61.3 Å². The number of anilines is 4. The van der Waals surface area contributed by atoms with Gasteiger partial charge in [0.25, 0.3) is 0 Å². The van der Waals surface area contributed by atoms with Gasteiger partial charge in [0, 0.05) is 7.05 Å². The highest BCUT2D eigenvalue weighted by Gasteiger charge is 2.19. The predicted octanol–water partition coefficient (Wildman–Crippen LogP) is 4.75. The summed E-state index contributed by atoms with van der Waals surface area (Å²) in [5.74, 6) is 0.918. The molecular formula is C19H17N5O2S2. The van der Waals surface area contributed by atoms with E-state index in [2.05, 4.69) is 20.5 Å². The topological polar surface area (TPSA) is 80.2 Å². The maximum Gasteiger partial charge on any atom is 0.350 e. The molecule has 142 valence electrons. The first-order valence-electron chi connectivity index (χ1n) is 8.43. The van der Waals surface area contributed by atoms with Crippen molar-refractivity contribution in [3.63, 3.8) is 0 Å². The van der Waals surface area contributed by atoms with Crippen LogP contribution in [0.15, 0.2) is 41.8 Å². The van der Waals surface area contributed by atoms with Gasteiger partial charge in [-0.15, -0.1) is 21.5 Å². The summed E-state index contributed by atoms with van der Waals surface area (Å²) in [5.41, 5.74) is 2.60. The number of thiazole rings is 1. The molecule has 0 aliphatic heterocycles. The third-order valence-electron chi connectivity index (χ3n) is 4.21. The molecule has 1 N–H and O–H groups in total. The number of thiophene rings is 1. The van der Waals surface area contributed by atoms with Gasteiger partial charge in [0.15, 0.2) is 16.8 Å². The highest BCUT2D eigenvalue weighted by atomic mass is 32.1. The first-order valence-corrected chi connectivity index (χ1v) is 10.1. The number of aromatic nitrogens is 3. The van der Waals surface area contributed by atoms with Crippen molar-refractivity contribution in [2.75, 3.05) is 24.4 Å². The summed E-state index contributed by atoms with van der Waals surface area (Å²) in [6, 6.07) is 11.8. The zero-order valence-electron chi connectivity index (χ0n) is 15.5. The summed E-state index contributed by atoms with van der Waals surface area (Å²) in [6.07, 6.45) is 0. The third-order valence-corrected chi connectivity index (χ3v) is 6.05. The lowest BCUT2D eigenvalue weighted by atomic mass is 10.3. The second kappa shape index (κ2) is 7.53. The SMILES string of the molecule is COC(=O)c1sccc1N(C)c1cc(C)c(Nc2nc3ccccc3s2)nn1. The second-order valence-electron chi connectivity index (χ2n) is 6.03. The van der Waals surface area contributed by atoms with E-state index in [1.165, 1.54) is 18.4 Å². The van der Waals surface area contributed by atoms with E-state index in [-0.39, 0.29) is 5.97 Å². The van der Waals surface area contributed by atoms with Crippen molar-refractivity contribution < 1.29 is 9.53 Å². The van der Waals surface area contributed by atoms with E-state index in [1.54, 1.807) is 11.3 Å². The van der Waals surface area contributed by atoms with Gasteiger partial charge in [0.2, 0.25) is 0 Å². The number of rotatable bonds is 5. The molecule has 0 atom stereocenters. The predicted molar refractivity (Wildman–Crippen MR) is 113 cm³/mol. The largest absolute Gasteiger partial charge is 0.465 e. The second-order valence-corrected chi connectivity index (χ2v) is 7.98. The number of hydrogen-bond donors (Lipinski definition) is 1. The fourth-order valence-corrected chi connectivity index (χ4v) is 4.42. The van der Waals surface area contributed by atoms with Crippen LogP contribution in [0.4, 0.5) is 22.5 Å². The monoisotopic (exact) mass is 411 g/mol. The molecular weight excluding hydrogens is 394 g/mol. The summed E-state index contributed by atoms with van der Waals surface area (Å²) < 4.78 is 5.96. The van der Waals surface area contributed by atoms with E-state index in [9.17, 15) is 4.79 Å². The summed E-state index contributed by atoms with van der Waals surface area (Å²) >= 11 is 2.90. The van der Waals surface area contributed by atoms with Crippen LogP contribution in [-0.4, -0.2) is 35.3 Å². The number of carbonyl (C=O) groups is 1. The molecule has 0 bridgehead atoms. The maximum absolute atomic E-state index is 11.9. The third kappa shape index (κ3) is 3.41. The molecule has 0 spiro atoms. The molecule has 28 heavy (non-hydrogen) atoms. The number of methoxy groups -OCH3 is 1. The van der Waals surface area contributed by atoms with Crippen LogP contribution in [0.25, 0.3) is 10.2 Å². The summed E-state index contributed by atoms with van der Waals surface area (Å²) in [5, 5.41) is 14.5. The minimum atomic E-state index is -0.365. The van der Waals surface area contributed by atoms with Crippen LogP contribution in [0.5, 0.6) is 0 Å². The standard InChI is InChI=1S/C19H17N5O2S2/c1-11-10-15(24(2)13-8-9-27-16(13)18(25)26-3)22-23-17(11)21-19-20-12-6-4-5-7-14(12)28-19/h4-10H,1-3H3,(H,20,21,23). The van der Waals surface area contributed by atoms with Gasteiger partial charge in [0.05, 0.1) is 23.0 Å². The van der Waals surface area contributed by atoms with E-state index in [0.29, 0.717) is 16.5 Å². The Kier molecular flexibility index (Phi) is 4.93. The average molecular weight is 412 g/mol. The van der Waals surface area contributed by atoms with Gasteiger partial charge in [-0.1, -0.05) is 23.5 Å². The summed E-state index contributed by atoms with van der Waals surface area (Å²) in [7, 11) is 3.22. The Bertz CT molecular complexity index is 1120. The van der Waals surface area contributed by atoms with E-state index < -0.39 is 0 Å². The lowest BCUT2D eigenvalue weighted by Crippen LogP contribution is -2.15. The van der Waals surface area contributed by atoms with Crippen LogP contribution in [0.2, 0.25) is 0 Å². The molecule has 0 fully saturated rings. The molecule has 4 rings (SSSR count). The van der Waals surface area contributed by atoms with E-state index in [4.69, 9.17) is 4.74 Å². The Morgan fingerprint density at radius 2 is 2.04 bits per heavy atom. The van der Waals surface area contributed by atoms with Crippen molar-refractivity contribution in [2.45, 2.75) is 6.92 Å². The number of carbonyl (C=O) groups excluding carboxylic acids is 1. The molecule has 4 aromatic rings. The molecule has 0 unspecified atom stereocenters. The zero-order chi connectivity index (χ0) is 19.7. The number of nitrogens with one attached hydrogen (secondary N) is 1. The molecule has 0 aliphatic carbocycles. The first kappa shape index (κ1) is 18.3. The lowest BCUT2D eigenvalue weighted by molar-refractivity contribution is 0.0607.